The maximum atomic E-state index is 13.8. The van der Waals surface area contributed by atoms with E-state index in [1.807, 2.05) is 12.1 Å². The molecule has 0 bridgehead atoms. The average molecular weight is 1240 g/mol. The van der Waals surface area contributed by atoms with Crippen molar-refractivity contribution in [2.24, 2.45) is 39.7 Å². The van der Waals surface area contributed by atoms with Crippen LogP contribution in [0.15, 0.2) is 126 Å². The van der Waals surface area contributed by atoms with Gasteiger partial charge in [-0.05, 0) is 154 Å². The maximum Gasteiger partial charge on any atom is 0.433 e. The third-order valence-electron chi connectivity index (χ3n) is 15.3. The van der Waals surface area contributed by atoms with Gasteiger partial charge in [0.15, 0.2) is 0 Å². The summed E-state index contributed by atoms with van der Waals surface area (Å²) >= 11 is 0. The van der Waals surface area contributed by atoms with E-state index >= 15 is 0 Å². The number of nitrogens with two attached hydrogens (primary N) is 1. The van der Waals surface area contributed by atoms with Crippen LogP contribution in [0, 0.1) is 51.7 Å². The number of hydroxylamine groups is 2. The quantitative estimate of drug-likeness (QED) is 0.00951. The Labute approximate surface area is 503 Å². The van der Waals surface area contributed by atoms with Crippen molar-refractivity contribution in [3.63, 3.8) is 0 Å². The number of fused-ring (bicyclic) bond motifs is 1. The van der Waals surface area contributed by atoms with Crippen LogP contribution < -0.4 is 35.6 Å². The zero-order valence-electron chi connectivity index (χ0n) is 48.2. The second-order valence-electron chi connectivity index (χ2n) is 20.9. The molecule has 7 N–H and O–H groups in total. The topological polar surface area (TPSA) is 307 Å². The number of anilines is 1. The predicted molar refractivity (Wildman–Crippen MR) is 306 cm³/mol. The molecule has 1 heterocycles. The number of sulfonamides is 1. The van der Waals surface area contributed by atoms with Crippen molar-refractivity contribution in [3.8, 4) is 29.1 Å². The molecule has 0 spiro atoms. The van der Waals surface area contributed by atoms with E-state index in [9.17, 15) is 54.7 Å². The molecule has 0 saturated heterocycles. The number of primary amides is 1. The van der Waals surface area contributed by atoms with Gasteiger partial charge in [-0.2, -0.15) is 13.2 Å². The van der Waals surface area contributed by atoms with Crippen LogP contribution in [-0.2, 0) is 85.0 Å². The van der Waals surface area contributed by atoms with E-state index < -0.39 is 97.3 Å². The molecule has 3 saturated carbocycles. The molecule has 26 heteroatoms. The number of hydrogen-bond donors (Lipinski definition) is 6. The first kappa shape index (κ1) is 66.2. The van der Waals surface area contributed by atoms with E-state index in [2.05, 4.69) is 21.5 Å². The Morgan fingerprint density at radius 3 is 1.81 bits per heavy atom. The second-order valence-corrected chi connectivity index (χ2v) is 22.6. The Hall–Kier alpha value is -9.32. The number of aromatic nitrogens is 1. The first-order valence-corrected chi connectivity index (χ1v) is 28.6. The summed E-state index contributed by atoms with van der Waals surface area (Å²) in [4.78, 5) is 75.5. The standard InChI is InChI=1S/C26H23F4NO5.C20H22N2O7S.C16H18N2O4/c1-3-35-24(33)25(13-20(25)23(32)34-2)12-15-4-7-18(8-5-15)36-14-16-10-22(26(28,29)30)31-21-9-6-17(27)11-19(16)21;1-28-15-6-8-16(9-7-15)30(26,27)22-14-5-3-4-13(10-14)11-20(19(24)29-2)12-17(20)18(23)21-25;1-2-3-8-22-12-6-4-11(5-7-12)9-16(15(17)20)10-13(16)14(19)18-21/h4-11,20H,3,12-14H2,1-2H3;3-10,17,22,25H,11-12H2,1-2H3,(H,21,23);4-7,13,21H,8-10H2,1H3,(H2,17,20)(H,18,19)/t20-,25+;17-,20+;13-,16+/m111/s1. The molecule has 21 nitrogen and oxygen atoms in total. The molecule has 0 aliphatic heterocycles. The van der Waals surface area contributed by atoms with Crippen molar-refractivity contribution in [2.75, 3.05) is 39.3 Å². The van der Waals surface area contributed by atoms with E-state index in [0.29, 0.717) is 54.4 Å². The first-order chi connectivity index (χ1) is 41.8. The molecule has 3 amide bonds. The fourth-order valence-electron chi connectivity index (χ4n) is 10.3. The number of rotatable bonds is 22. The Morgan fingerprint density at radius 1 is 0.693 bits per heavy atom. The Kier molecular flexibility index (Phi) is 21.1. The lowest BCUT2D eigenvalue weighted by Gasteiger charge is -2.16. The second kappa shape index (κ2) is 28.0. The fourth-order valence-corrected chi connectivity index (χ4v) is 11.4. The smallest absolute Gasteiger partial charge is 0.433 e. The van der Waals surface area contributed by atoms with Crippen molar-refractivity contribution in [1.29, 1.82) is 0 Å². The Morgan fingerprint density at radius 2 is 1.25 bits per heavy atom. The fraction of sp³-hybridized carbons (Fsp3) is 0.339. The van der Waals surface area contributed by atoms with Crippen LogP contribution in [0.2, 0.25) is 0 Å². The van der Waals surface area contributed by atoms with Crippen LogP contribution >= 0.6 is 0 Å². The number of nitrogens with zero attached hydrogens (tertiary/aromatic N) is 1. The molecule has 9 rings (SSSR count). The molecule has 0 unspecified atom stereocenters. The number of pyridine rings is 1. The summed E-state index contributed by atoms with van der Waals surface area (Å²) < 4.78 is 112. The zero-order chi connectivity index (χ0) is 64.2. The summed E-state index contributed by atoms with van der Waals surface area (Å²) in [5.41, 5.74) is 7.22. The first-order valence-electron chi connectivity index (χ1n) is 27.1. The van der Waals surface area contributed by atoms with Crippen molar-refractivity contribution in [1.82, 2.24) is 15.9 Å². The van der Waals surface area contributed by atoms with E-state index in [1.54, 1.807) is 97.6 Å². The molecule has 3 aliphatic carbocycles. The number of nitrogens with one attached hydrogen (secondary N) is 3. The minimum atomic E-state index is -4.67. The van der Waals surface area contributed by atoms with Crippen molar-refractivity contribution in [2.45, 2.75) is 70.1 Å². The molecule has 6 atom stereocenters. The Balaban J connectivity index is 0.000000194. The molecular weight excluding hydrogens is 1180 g/mol. The number of carbonyl (C=O) groups excluding carboxylic acids is 6. The van der Waals surface area contributed by atoms with Crippen LogP contribution in [-0.4, -0.2) is 94.0 Å². The number of halogens is 4. The van der Waals surface area contributed by atoms with Gasteiger partial charge in [-0.3, -0.25) is 43.9 Å². The van der Waals surface area contributed by atoms with Gasteiger partial charge < -0.3 is 34.2 Å². The third kappa shape index (κ3) is 15.6. The summed E-state index contributed by atoms with van der Waals surface area (Å²) in [7, 11) is 0.159. The molecule has 0 radical (unpaired) electrons. The van der Waals surface area contributed by atoms with Crippen LogP contribution in [0.4, 0.5) is 23.2 Å². The normalized spacial score (nSPS) is 20.2. The maximum absolute atomic E-state index is 13.8. The van der Waals surface area contributed by atoms with Crippen molar-refractivity contribution < 1.29 is 93.6 Å². The van der Waals surface area contributed by atoms with Gasteiger partial charge in [0.1, 0.15) is 42.0 Å². The van der Waals surface area contributed by atoms with Gasteiger partial charge in [0.25, 0.3) is 10.0 Å². The summed E-state index contributed by atoms with van der Waals surface area (Å²) in [6, 6.07) is 30.5. The van der Waals surface area contributed by atoms with Crippen molar-refractivity contribution in [3.05, 3.63) is 155 Å². The molecule has 5 aromatic carbocycles. The lowest BCUT2D eigenvalue weighted by atomic mass is 9.93. The SMILES string of the molecule is CC#CCOc1ccc(C[C@]2(C(N)=O)C[C@@H]2C(=O)NO)cc1.CCOC(=O)[C@@]1(Cc2ccc(OCc3cc(C(F)(F)F)nc4ccc(F)cc34)cc2)C[C@@H]1C(=O)OC.COC(=O)[C@@]1(Cc2cccc(NS(=O)(=O)c3ccc(OC)cc3)c2)C[C@@H]1C(=O)NO. The van der Waals surface area contributed by atoms with Crippen LogP contribution in [0.3, 0.4) is 0 Å². The van der Waals surface area contributed by atoms with Gasteiger partial charge in [0, 0.05) is 16.6 Å². The average Bonchev–Trinajstić information content (AvgIpc) is 1.83. The molecule has 6 aromatic rings. The van der Waals surface area contributed by atoms with E-state index in [1.165, 1.54) is 39.5 Å². The van der Waals surface area contributed by atoms with Gasteiger partial charge in [0.2, 0.25) is 17.7 Å². The Bertz CT molecular complexity index is 3730. The van der Waals surface area contributed by atoms with Gasteiger partial charge in [-0.15, -0.1) is 5.92 Å². The molecule has 466 valence electrons. The highest BCUT2D eigenvalue weighted by Crippen LogP contribution is 2.58. The summed E-state index contributed by atoms with van der Waals surface area (Å²) in [5.74, 6) is 1.40. The third-order valence-corrected chi connectivity index (χ3v) is 16.7. The molecular formula is C62H63F4N5O16S. The van der Waals surface area contributed by atoms with Gasteiger partial charge in [0.05, 0.1) is 72.3 Å². The predicted octanol–water partition coefficient (Wildman–Crippen LogP) is 7.61. The number of benzene rings is 5. The largest absolute Gasteiger partial charge is 0.497 e. The van der Waals surface area contributed by atoms with E-state index in [4.69, 9.17) is 44.6 Å². The molecule has 3 fully saturated rings. The number of alkyl halides is 3. The molecule has 1 aromatic heterocycles. The van der Waals surface area contributed by atoms with E-state index in [-0.39, 0.29) is 53.8 Å². The molecule has 3 aliphatic rings. The van der Waals surface area contributed by atoms with Crippen LogP contribution in [0.5, 0.6) is 17.2 Å². The number of carbonyl (C=O) groups is 6. The highest BCUT2D eigenvalue weighted by Gasteiger charge is 2.66. The monoisotopic (exact) mass is 1240 g/mol. The lowest BCUT2D eigenvalue weighted by molar-refractivity contribution is -0.154. The molecule has 88 heavy (non-hydrogen) atoms. The number of methoxy groups -OCH3 is 3. The number of esters is 3. The van der Waals surface area contributed by atoms with Gasteiger partial charge in [-0.25, -0.2) is 28.8 Å². The summed E-state index contributed by atoms with van der Waals surface area (Å²) in [5, 5.41) is 17.8. The minimum Gasteiger partial charge on any atom is -0.497 e. The number of hydrogen-bond acceptors (Lipinski definition) is 17. The van der Waals surface area contributed by atoms with Crippen LogP contribution in [0.1, 0.15) is 61.1 Å². The number of ether oxygens (including phenoxy) is 6. The minimum absolute atomic E-state index is 0.00836. The van der Waals surface area contributed by atoms with Crippen LogP contribution in [0.25, 0.3) is 10.9 Å². The highest BCUT2D eigenvalue weighted by atomic mass is 32.2. The number of amides is 3. The van der Waals surface area contributed by atoms with Gasteiger partial charge in [-0.1, -0.05) is 42.3 Å². The zero-order valence-corrected chi connectivity index (χ0v) is 49.0. The highest BCUT2D eigenvalue weighted by molar-refractivity contribution is 7.92. The lowest BCUT2D eigenvalue weighted by Crippen LogP contribution is -2.33. The van der Waals surface area contributed by atoms with E-state index in [0.717, 1.165) is 29.3 Å². The van der Waals surface area contributed by atoms with Crippen molar-refractivity contribution >= 4 is 62.2 Å². The van der Waals surface area contributed by atoms with Gasteiger partial charge >= 0.3 is 24.1 Å². The summed E-state index contributed by atoms with van der Waals surface area (Å²) in [6.07, 6.45) is -2.99. The summed E-state index contributed by atoms with van der Waals surface area (Å²) in [6.45, 7) is 3.68.